The van der Waals surface area contributed by atoms with E-state index in [4.69, 9.17) is 4.42 Å². The van der Waals surface area contributed by atoms with Crippen molar-refractivity contribution in [3.63, 3.8) is 0 Å². The van der Waals surface area contributed by atoms with Gasteiger partial charge in [0.1, 0.15) is 5.76 Å². The monoisotopic (exact) mass is 319 g/mol. The fraction of sp³-hybridized carbons (Fsp3) is 0.588. The molecule has 5 heteroatoms. The van der Waals surface area contributed by atoms with E-state index in [2.05, 4.69) is 41.2 Å². The van der Waals surface area contributed by atoms with E-state index in [0.29, 0.717) is 0 Å². The van der Waals surface area contributed by atoms with Crippen LogP contribution in [0.3, 0.4) is 0 Å². The molecular weight excluding hydrogens is 294 g/mol. The van der Waals surface area contributed by atoms with Crippen molar-refractivity contribution in [1.29, 1.82) is 0 Å². The topological polar surface area (TPSA) is 45.1 Å². The Morgan fingerprint density at radius 3 is 2.82 bits per heavy atom. The van der Waals surface area contributed by atoms with Crippen molar-refractivity contribution in [2.24, 2.45) is 0 Å². The molecule has 0 aromatic carbocycles. The third-order valence-electron chi connectivity index (χ3n) is 4.27. The largest absolute Gasteiger partial charge is 0.454 e. The van der Waals surface area contributed by atoms with Crippen molar-refractivity contribution in [1.82, 2.24) is 15.1 Å². The highest BCUT2D eigenvalue weighted by Gasteiger charge is 2.16. The van der Waals surface area contributed by atoms with E-state index in [1.54, 1.807) is 0 Å². The molecule has 1 fully saturated rings. The first-order chi connectivity index (χ1) is 10.7. The zero-order valence-corrected chi connectivity index (χ0v) is 14.3. The molecule has 0 radical (unpaired) electrons. The SMILES string of the molecule is Cc1[nH]ncc1CN(C)Cc1ccc(SC2CCCCC2)o1. The number of aromatic amines is 1. The summed E-state index contributed by atoms with van der Waals surface area (Å²) in [6, 6.07) is 4.25. The van der Waals surface area contributed by atoms with E-state index in [1.165, 1.54) is 37.7 Å². The first-order valence-corrected chi connectivity index (χ1v) is 9.01. The molecule has 120 valence electrons. The van der Waals surface area contributed by atoms with Crippen LogP contribution in [0.2, 0.25) is 0 Å². The lowest BCUT2D eigenvalue weighted by atomic mass is 10.0. The predicted octanol–water partition coefficient (Wildman–Crippen LogP) is 4.37. The van der Waals surface area contributed by atoms with Gasteiger partial charge in [0.2, 0.25) is 0 Å². The Morgan fingerprint density at radius 1 is 1.27 bits per heavy atom. The Labute approximate surface area is 136 Å². The molecule has 2 aromatic heterocycles. The summed E-state index contributed by atoms with van der Waals surface area (Å²) in [6.07, 6.45) is 8.72. The summed E-state index contributed by atoms with van der Waals surface area (Å²) in [5, 5.41) is 8.88. The fourth-order valence-electron chi connectivity index (χ4n) is 3.00. The van der Waals surface area contributed by atoms with Crippen molar-refractivity contribution < 1.29 is 4.42 Å². The second kappa shape index (κ2) is 7.38. The van der Waals surface area contributed by atoms with Crippen LogP contribution in [0.15, 0.2) is 27.8 Å². The van der Waals surface area contributed by atoms with E-state index in [-0.39, 0.29) is 0 Å². The molecule has 0 saturated heterocycles. The Morgan fingerprint density at radius 2 is 2.09 bits per heavy atom. The average molecular weight is 319 g/mol. The Bertz CT molecular complexity index is 586. The first kappa shape index (κ1) is 15.7. The van der Waals surface area contributed by atoms with Crippen LogP contribution >= 0.6 is 11.8 Å². The second-order valence-electron chi connectivity index (χ2n) is 6.29. The van der Waals surface area contributed by atoms with Crippen molar-refractivity contribution >= 4 is 11.8 Å². The zero-order valence-electron chi connectivity index (χ0n) is 13.5. The van der Waals surface area contributed by atoms with Gasteiger partial charge < -0.3 is 4.42 Å². The van der Waals surface area contributed by atoms with Crippen molar-refractivity contribution in [2.45, 2.75) is 62.5 Å². The molecule has 0 amide bonds. The minimum atomic E-state index is 0.749. The summed E-state index contributed by atoms with van der Waals surface area (Å²) in [6.45, 7) is 3.77. The quantitative estimate of drug-likeness (QED) is 0.859. The maximum atomic E-state index is 6.00. The van der Waals surface area contributed by atoms with Gasteiger partial charge in [-0.2, -0.15) is 5.10 Å². The predicted molar refractivity (Wildman–Crippen MR) is 89.9 cm³/mol. The van der Waals surface area contributed by atoms with Gasteiger partial charge in [-0.25, -0.2) is 0 Å². The highest BCUT2D eigenvalue weighted by Crippen LogP contribution is 2.34. The summed E-state index contributed by atoms with van der Waals surface area (Å²) < 4.78 is 6.00. The normalized spacial score (nSPS) is 16.5. The zero-order chi connectivity index (χ0) is 15.4. The van der Waals surface area contributed by atoms with Crippen LogP contribution in [-0.2, 0) is 13.1 Å². The van der Waals surface area contributed by atoms with Gasteiger partial charge in [-0.15, -0.1) is 0 Å². The molecule has 0 spiro atoms. The number of thioether (sulfide) groups is 1. The fourth-order valence-corrected chi connectivity index (χ4v) is 4.20. The number of H-pyrrole nitrogens is 1. The van der Waals surface area contributed by atoms with Gasteiger partial charge in [-0.05, 0) is 38.9 Å². The highest BCUT2D eigenvalue weighted by molar-refractivity contribution is 7.99. The van der Waals surface area contributed by atoms with Crippen LogP contribution in [0.4, 0.5) is 0 Å². The van der Waals surface area contributed by atoms with Gasteiger partial charge in [0.25, 0.3) is 0 Å². The third kappa shape index (κ3) is 4.17. The molecule has 2 heterocycles. The maximum absolute atomic E-state index is 6.00. The molecule has 1 aliphatic carbocycles. The molecule has 1 saturated carbocycles. The van der Waals surface area contributed by atoms with E-state index in [1.807, 2.05) is 18.0 Å². The second-order valence-corrected chi connectivity index (χ2v) is 7.60. The highest BCUT2D eigenvalue weighted by atomic mass is 32.2. The number of nitrogens with zero attached hydrogens (tertiary/aromatic N) is 2. The molecule has 1 N–H and O–H groups in total. The molecule has 4 nitrogen and oxygen atoms in total. The number of aromatic nitrogens is 2. The van der Waals surface area contributed by atoms with E-state index in [0.717, 1.165) is 34.9 Å². The summed E-state index contributed by atoms with van der Waals surface area (Å²) in [5.74, 6) is 1.04. The molecule has 0 atom stereocenters. The minimum absolute atomic E-state index is 0.749. The van der Waals surface area contributed by atoms with Gasteiger partial charge in [-0.3, -0.25) is 10.00 Å². The number of hydrogen-bond donors (Lipinski definition) is 1. The third-order valence-corrected chi connectivity index (χ3v) is 5.53. The number of nitrogens with one attached hydrogen (secondary N) is 1. The molecule has 1 aliphatic rings. The summed E-state index contributed by atoms with van der Waals surface area (Å²) in [7, 11) is 2.11. The molecule has 2 aromatic rings. The van der Waals surface area contributed by atoms with Crippen LogP contribution in [-0.4, -0.2) is 27.4 Å². The Kier molecular flexibility index (Phi) is 5.26. The molecule has 0 aliphatic heterocycles. The molecule has 0 unspecified atom stereocenters. The molecule has 22 heavy (non-hydrogen) atoms. The standard InChI is InChI=1S/C17H25N3OS/c1-13-14(10-18-19-13)11-20(2)12-15-8-9-17(21-15)22-16-6-4-3-5-7-16/h8-10,16H,3-7,11-12H2,1-2H3,(H,18,19). The maximum Gasteiger partial charge on any atom is 0.160 e. The van der Waals surface area contributed by atoms with E-state index < -0.39 is 0 Å². The summed E-state index contributed by atoms with van der Waals surface area (Å²) in [5.41, 5.74) is 2.38. The van der Waals surface area contributed by atoms with Gasteiger partial charge in [-0.1, -0.05) is 31.0 Å². The molecular formula is C17H25N3OS. The lowest BCUT2D eigenvalue weighted by Crippen LogP contribution is -2.17. The minimum Gasteiger partial charge on any atom is -0.454 e. The summed E-state index contributed by atoms with van der Waals surface area (Å²) in [4.78, 5) is 2.26. The molecule has 3 rings (SSSR count). The molecule has 0 bridgehead atoms. The van der Waals surface area contributed by atoms with E-state index >= 15 is 0 Å². The summed E-state index contributed by atoms with van der Waals surface area (Å²) >= 11 is 1.92. The number of hydrogen-bond acceptors (Lipinski definition) is 4. The number of aryl methyl sites for hydroxylation is 1. The smallest absolute Gasteiger partial charge is 0.160 e. The average Bonchev–Trinajstić information content (AvgIpc) is 3.10. The number of rotatable bonds is 6. The van der Waals surface area contributed by atoms with Crippen LogP contribution in [0.5, 0.6) is 0 Å². The number of furan rings is 1. The first-order valence-electron chi connectivity index (χ1n) is 8.13. The van der Waals surface area contributed by atoms with Crippen molar-refractivity contribution in [3.05, 3.63) is 35.3 Å². The lowest BCUT2D eigenvalue weighted by molar-refractivity contribution is 0.276. The van der Waals surface area contributed by atoms with Crippen LogP contribution < -0.4 is 0 Å². The van der Waals surface area contributed by atoms with Crippen LogP contribution in [0.1, 0.15) is 49.1 Å². The lowest BCUT2D eigenvalue weighted by Gasteiger charge is -2.19. The van der Waals surface area contributed by atoms with Gasteiger partial charge >= 0.3 is 0 Å². The van der Waals surface area contributed by atoms with Crippen LogP contribution in [0, 0.1) is 6.92 Å². The van der Waals surface area contributed by atoms with E-state index in [9.17, 15) is 0 Å². The van der Waals surface area contributed by atoms with Gasteiger partial charge in [0.05, 0.1) is 12.7 Å². The Hall–Kier alpha value is -1.20. The van der Waals surface area contributed by atoms with Gasteiger partial charge in [0.15, 0.2) is 5.09 Å². The van der Waals surface area contributed by atoms with Crippen molar-refractivity contribution in [2.75, 3.05) is 7.05 Å². The van der Waals surface area contributed by atoms with Crippen molar-refractivity contribution in [3.8, 4) is 0 Å². The van der Waals surface area contributed by atoms with Crippen LogP contribution in [0.25, 0.3) is 0 Å². The van der Waals surface area contributed by atoms with Gasteiger partial charge in [0, 0.05) is 23.1 Å². The Balaban J connectivity index is 1.51.